The molecule has 3 aromatic rings. The first kappa shape index (κ1) is 14.8. The maximum Gasteiger partial charge on any atom is 0.348 e. The van der Waals surface area contributed by atoms with Crippen LogP contribution < -0.4 is 0 Å². The van der Waals surface area contributed by atoms with Gasteiger partial charge in [0, 0.05) is 11.2 Å². The summed E-state index contributed by atoms with van der Waals surface area (Å²) in [5.74, 6) is 0.292. The first-order valence-electron chi connectivity index (χ1n) is 6.98. The molecule has 0 saturated carbocycles. The average Bonchev–Trinajstić information content (AvgIpc) is 2.91. The van der Waals surface area contributed by atoms with Crippen molar-refractivity contribution in [2.45, 2.75) is 24.9 Å². The molecule has 0 radical (unpaired) electrons. The fourth-order valence-electron chi connectivity index (χ4n) is 2.34. The lowest BCUT2D eigenvalue weighted by atomic mass is 10.1. The molecule has 0 aliphatic rings. The molecular formula is C15H16N4O2S. The molecule has 6 nitrogen and oxygen atoms in total. The zero-order chi connectivity index (χ0) is 15.5. The lowest BCUT2D eigenvalue weighted by molar-refractivity contribution is 0.441. The van der Waals surface area contributed by atoms with Gasteiger partial charge in [-0.1, -0.05) is 35.4 Å². The Bertz CT molecular complexity index is 776. The standard InChI is InChI=1S/C15H16N4O2S/c1-11-13-14(20)17-18-15(19(13)10-16-11)22(21)9-5-8-12-6-3-2-4-7-12/h2-4,6-7,10H,5,8-9H2,1H3,(H,17,20). The predicted octanol–water partition coefficient (Wildman–Crippen LogP) is 1.88. The van der Waals surface area contributed by atoms with Gasteiger partial charge in [-0.25, -0.2) is 9.38 Å². The summed E-state index contributed by atoms with van der Waals surface area (Å²) in [5.41, 5.74) is 2.32. The molecule has 1 atom stereocenters. The third kappa shape index (κ3) is 2.90. The van der Waals surface area contributed by atoms with Gasteiger partial charge >= 0.3 is 5.16 Å². The Morgan fingerprint density at radius 2 is 2.00 bits per heavy atom. The number of nitrogens with zero attached hydrogens (tertiary/aromatic N) is 4. The normalized spacial score (nSPS) is 12.6. The molecule has 0 aliphatic carbocycles. The highest BCUT2D eigenvalue weighted by atomic mass is 32.2. The van der Waals surface area contributed by atoms with Crippen LogP contribution >= 0.6 is 0 Å². The molecular weight excluding hydrogens is 300 g/mol. The number of hydrogen-bond donors (Lipinski definition) is 1. The second-order valence-electron chi connectivity index (χ2n) is 4.99. The summed E-state index contributed by atoms with van der Waals surface area (Å²) < 4.78 is 14.0. The Morgan fingerprint density at radius 3 is 2.77 bits per heavy atom. The smallest absolute Gasteiger partial charge is 0.348 e. The van der Waals surface area contributed by atoms with Crippen LogP contribution in [0.2, 0.25) is 0 Å². The van der Waals surface area contributed by atoms with Crippen molar-refractivity contribution in [2.24, 2.45) is 0 Å². The largest absolute Gasteiger partial charge is 0.609 e. The van der Waals surface area contributed by atoms with Gasteiger partial charge < -0.3 is 9.66 Å². The van der Waals surface area contributed by atoms with Gasteiger partial charge in [-0.05, 0) is 25.3 Å². The summed E-state index contributed by atoms with van der Waals surface area (Å²) in [6, 6.07) is 10.1. The molecule has 0 aliphatic heterocycles. The maximum atomic E-state index is 12.4. The third-order valence-corrected chi connectivity index (χ3v) is 4.79. The summed E-state index contributed by atoms with van der Waals surface area (Å²) in [5, 5.41) is 17.6. The van der Waals surface area contributed by atoms with Crippen molar-refractivity contribution in [3.05, 3.63) is 47.9 Å². The number of hydrogen-bond acceptors (Lipinski definition) is 5. The summed E-state index contributed by atoms with van der Waals surface area (Å²) in [7, 11) is 0. The Morgan fingerprint density at radius 1 is 1.23 bits per heavy atom. The Hall–Kier alpha value is -2.12. The van der Waals surface area contributed by atoms with E-state index < -0.39 is 11.2 Å². The summed E-state index contributed by atoms with van der Waals surface area (Å²) in [4.78, 5) is 4.12. The van der Waals surface area contributed by atoms with Crippen LogP contribution in [0.4, 0.5) is 0 Å². The van der Waals surface area contributed by atoms with Crippen LogP contribution in [0.3, 0.4) is 0 Å². The Labute approximate surface area is 131 Å². The fourth-order valence-corrected chi connectivity index (χ4v) is 3.42. The van der Waals surface area contributed by atoms with E-state index in [4.69, 9.17) is 0 Å². The second-order valence-corrected chi connectivity index (χ2v) is 6.46. The highest BCUT2D eigenvalue weighted by Crippen LogP contribution is 2.21. The van der Waals surface area contributed by atoms with Gasteiger partial charge in [-0.3, -0.25) is 0 Å². The molecule has 2 aromatic heterocycles. The fraction of sp³-hybridized carbons (Fsp3) is 0.267. The van der Waals surface area contributed by atoms with E-state index in [1.165, 1.54) is 11.9 Å². The first-order valence-corrected chi connectivity index (χ1v) is 8.30. The van der Waals surface area contributed by atoms with Crippen LogP contribution in [0.5, 0.6) is 5.88 Å². The molecule has 1 N–H and O–H groups in total. The van der Waals surface area contributed by atoms with Gasteiger partial charge in [-0.2, -0.15) is 0 Å². The molecule has 2 heterocycles. The van der Waals surface area contributed by atoms with Gasteiger partial charge in [0.25, 0.3) is 5.88 Å². The zero-order valence-electron chi connectivity index (χ0n) is 12.1. The van der Waals surface area contributed by atoms with Crippen molar-refractivity contribution < 1.29 is 9.66 Å². The number of benzene rings is 1. The molecule has 0 bridgehead atoms. The van der Waals surface area contributed by atoms with Crippen LogP contribution in [0, 0.1) is 6.92 Å². The Kier molecular flexibility index (Phi) is 4.26. The van der Waals surface area contributed by atoms with Crippen LogP contribution in [0.25, 0.3) is 5.52 Å². The highest BCUT2D eigenvalue weighted by molar-refractivity contribution is 7.91. The molecule has 22 heavy (non-hydrogen) atoms. The predicted molar refractivity (Wildman–Crippen MR) is 83.2 cm³/mol. The van der Waals surface area contributed by atoms with Crippen LogP contribution in [0.15, 0.2) is 41.8 Å². The SMILES string of the molecule is Cc1ncn2c([S+]([O-])CCCc3ccccc3)nnc(O)c12. The van der Waals surface area contributed by atoms with Crippen LogP contribution in [-0.4, -0.2) is 35.0 Å². The Balaban J connectivity index is 1.73. The number of imidazole rings is 1. The topological polar surface area (TPSA) is 86.4 Å². The van der Waals surface area contributed by atoms with Crippen molar-refractivity contribution >= 4 is 16.7 Å². The summed E-state index contributed by atoms with van der Waals surface area (Å²) >= 11 is -1.29. The minimum Gasteiger partial charge on any atom is -0.609 e. The minimum atomic E-state index is -1.29. The van der Waals surface area contributed by atoms with Crippen molar-refractivity contribution in [3.8, 4) is 5.88 Å². The molecule has 0 amide bonds. The average molecular weight is 316 g/mol. The van der Waals surface area contributed by atoms with E-state index in [0.29, 0.717) is 22.1 Å². The molecule has 3 rings (SSSR count). The van der Waals surface area contributed by atoms with Crippen molar-refractivity contribution in [2.75, 3.05) is 5.75 Å². The summed E-state index contributed by atoms with van der Waals surface area (Å²) in [6.45, 7) is 1.76. The lowest BCUT2D eigenvalue weighted by Gasteiger charge is -2.10. The van der Waals surface area contributed by atoms with E-state index in [0.717, 1.165) is 12.8 Å². The van der Waals surface area contributed by atoms with Gasteiger partial charge in [0.05, 0.1) is 5.69 Å². The van der Waals surface area contributed by atoms with Crippen molar-refractivity contribution in [1.29, 1.82) is 0 Å². The number of fused-ring (bicyclic) bond motifs is 1. The van der Waals surface area contributed by atoms with Gasteiger partial charge in [0.1, 0.15) is 17.6 Å². The minimum absolute atomic E-state index is 0.194. The molecule has 7 heteroatoms. The zero-order valence-corrected chi connectivity index (χ0v) is 13.0. The monoisotopic (exact) mass is 316 g/mol. The van der Waals surface area contributed by atoms with Crippen LogP contribution in [0.1, 0.15) is 17.7 Å². The quantitative estimate of drug-likeness (QED) is 0.726. The van der Waals surface area contributed by atoms with Crippen molar-refractivity contribution in [1.82, 2.24) is 19.6 Å². The van der Waals surface area contributed by atoms with E-state index in [1.54, 1.807) is 11.3 Å². The first-order chi connectivity index (χ1) is 10.7. The van der Waals surface area contributed by atoms with Crippen LogP contribution in [-0.2, 0) is 17.6 Å². The van der Waals surface area contributed by atoms with Gasteiger partial charge in [-0.15, -0.1) is 5.10 Å². The third-order valence-electron chi connectivity index (χ3n) is 3.44. The van der Waals surface area contributed by atoms with E-state index in [9.17, 15) is 9.66 Å². The molecule has 1 unspecified atom stereocenters. The van der Waals surface area contributed by atoms with Gasteiger partial charge in [0.2, 0.25) is 0 Å². The van der Waals surface area contributed by atoms with E-state index in [-0.39, 0.29) is 5.88 Å². The number of aromatic nitrogens is 4. The molecule has 0 saturated heterocycles. The second kappa shape index (κ2) is 6.33. The lowest BCUT2D eigenvalue weighted by Crippen LogP contribution is -2.15. The van der Waals surface area contributed by atoms with E-state index in [2.05, 4.69) is 27.3 Å². The molecule has 114 valence electrons. The molecule has 1 aromatic carbocycles. The number of rotatable bonds is 5. The maximum absolute atomic E-state index is 12.4. The van der Waals surface area contributed by atoms with E-state index >= 15 is 0 Å². The molecule has 0 fully saturated rings. The number of aryl methyl sites for hydroxylation is 2. The van der Waals surface area contributed by atoms with E-state index in [1.807, 2.05) is 18.2 Å². The molecule has 0 spiro atoms. The van der Waals surface area contributed by atoms with Gasteiger partial charge in [0.15, 0.2) is 0 Å². The number of aromatic hydroxyl groups is 1. The highest BCUT2D eigenvalue weighted by Gasteiger charge is 2.21. The van der Waals surface area contributed by atoms with Crippen molar-refractivity contribution in [3.63, 3.8) is 0 Å². The summed E-state index contributed by atoms with van der Waals surface area (Å²) in [6.07, 6.45) is 3.17.